The van der Waals surface area contributed by atoms with Crippen LogP contribution < -0.4 is 15.4 Å². The number of carbonyl (C=O) groups is 1. The topological polar surface area (TPSA) is 122 Å². The van der Waals surface area contributed by atoms with E-state index in [-0.39, 0.29) is 29.3 Å². The van der Waals surface area contributed by atoms with Gasteiger partial charge in [-0.15, -0.1) is 10.2 Å². The Kier molecular flexibility index (Phi) is 10.6. The third-order valence-electron chi connectivity index (χ3n) is 8.61. The van der Waals surface area contributed by atoms with Crippen LogP contribution in [-0.2, 0) is 12.0 Å². The van der Waals surface area contributed by atoms with Crippen LogP contribution in [0, 0.1) is 5.82 Å². The van der Waals surface area contributed by atoms with Gasteiger partial charge in [-0.25, -0.2) is 13.9 Å². The maximum Gasteiger partial charge on any atom is 0.320 e. The van der Waals surface area contributed by atoms with Crippen molar-refractivity contribution < 1.29 is 19.0 Å². The molecule has 0 fully saturated rings. The number of hydrogen-bond donors (Lipinski definition) is 3. The van der Waals surface area contributed by atoms with Crippen LogP contribution in [0.2, 0.25) is 0 Å². The minimum Gasteiger partial charge on any atom is -0.507 e. The average Bonchev–Trinajstić information content (AvgIpc) is 3.74. The number of likely N-dealkylation sites (N-methyl/N-ethyl adjacent to an activating group) is 1. The number of anilines is 1. The predicted molar refractivity (Wildman–Crippen MR) is 197 cm³/mol. The highest BCUT2D eigenvalue weighted by Crippen LogP contribution is 2.34. The molecule has 264 valence electrons. The van der Waals surface area contributed by atoms with Gasteiger partial charge >= 0.3 is 6.03 Å². The van der Waals surface area contributed by atoms with Gasteiger partial charge in [0.15, 0.2) is 11.5 Å². The quantitative estimate of drug-likeness (QED) is 0.113. The number of hydrogen-bond acceptors (Lipinski definition) is 8. The second kappa shape index (κ2) is 15.2. The van der Waals surface area contributed by atoms with Gasteiger partial charge in [-0.1, -0.05) is 56.8 Å². The number of phenolic OH excluding ortho intramolecular Hbond substituents is 1. The number of rotatable bonds is 13. The first-order valence-electron chi connectivity index (χ1n) is 16.6. The Labute approximate surface area is 300 Å². The number of carbonyl (C=O) groups excluding carboxylic acids is 1. The molecule has 3 heterocycles. The number of nitrogens with one attached hydrogen (secondary N) is 2. The number of aromatic hydroxyl groups is 1. The highest BCUT2D eigenvalue weighted by Gasteiger charge is 2.25. The first kappa shape index (κ1) is 35.4. The minimum atomic E-state index is -0.486. The number of pyridine rings is 1. The molecule has 0 aliphatic rings. The lowest BCUT2D eigenvalue weighted by atomic mass is 9.87. The minimum absolute atomic E-state index is 0.0926. The SMILES string of the molecule is CCC(C)(C)c1cc(NC(=O)NCc2ccccc2Sc2ccc3nnc(-c4cc(F)ccc4O)n3c2)n(-c2cccc(OCCN(C)C)c2)n1. The van der Waals surface area contributed by atoms with Crippen molar-refractivity contribution in [3.8, 4) is 28.6 Å². The van der Waals surface area contributed by atoms with Gasteiger partial charge < -0.3 is 20.1 Å². The van der Waals surface area contributed by atoms with E-state index in [1.807, 2.05) is 87.0 Å². The van der Waals surface area contributed by atoms with Gasteiger partial charge in [-0.3, -0.25) is 9.72 Å². The average molecular weight is 709 g/mol. The van der Waals surface area contributed by atoms with Crippen LogP contribution in [-0.4, -0.2) is 67.7 Å². The molecule has 2 amide bonds. The van der Waals surface area contributed by atoms with E-state index in [0.717, 1.165) is 45.5 Å². The maximum atomic E-state index is 14.0. The summed E-state index contributed by atoms with van der Waals surface area (Å²) in [7, 11) is 4.00. The molecule has 0 radical (unpaired) electrons. The Morgan fingerprint density at radius 1 is 1.02 bits per heavy atom. The first-order chi connectivity index (χ1) is 24.5. The van der Waals surface area contributed by atoms with Crippen molar-refractivity contribution in [1.29, 1.82) is 0 Å². The second-order valence-electron chi connectivity index (χ2n) is 13.0. The lowest BCUT2D eigenvalue weighted by Gasteiger charge is -2.19. The van der Waals surface area contributed by atoms with Gasteiger partial charge in [0.1, 0.15) is 29.7 Å². The second-order valence-corrected chi connectivity index (χ2v) is 14.1. The van der Waals surface area contributed by atoms with Crippen LogP contribution in [0.15, 0.2) is 101 Å². The van der Waals surface area contributed by atoms with Crippen LogP contribution in [0.3, 0.4) is 0 Å². The molecule has 0 aliphatic carbocycles. The Bertz CT molecular complexity index is 2160. The largest absolute Gasteiger partial charge is 0.507 e. The monoisotopic (exact) mass is 708 g/mol. The van der Waals surface area contributed by atoms with E-state index in [0.29, 0.717) is 23.9 Å². The molecule has 6 rings (SSSR count). The van der Waals surface area contributed by atoms with Crippen molar-refractivity contribution in [1.82, 2.24) is 34.6 Å². The smallest absolute Gasteiger partial charge is 0.320 e. The molecule has 6 aromatic rings. The van der Waals surface area contributed by atoms with Crippen LogP contribution >= 0.6 is 11.8 Å². The molecule has 0 bridgehead atoms. The fourth-order valence-corrected chi connectivity index (χ4v) is 6.21. The molecule has 0 aliphatic heterocycles. The molecule has 3 N–H and O–H groups in total. The zero-order valence-electron chi connectivity index (χ0n) is 29.2. The first-order valence-corrected chi connectivity index (χ1v) is 17.4. The van der Waals surface area contributed by atoms with Crippen LogP contribution in [0.1, 0.15) is 38.4 Å². The number of ether oxygens (including phenoxy) is 1. The molecule has 11 nitrogen and oxygen atoms in total. The molecule has 0 atom stereocenters. The van der Waals surface area contributed by atoms with Gasteiger partial charge in [0, 0.05) is 46.6 Å². The molecule has 3 aromatic heterocycles. The summed E-state index contributed by atoms with van der Waals surface area (Å²) < 4.78 is 23.5. The highest BCUT2D eigenvalue weighted by molar-refractivity contribution is 7.99. The number of urea groups is 1. The molecule has 0 unspecified atom stereocenters. The van der Waals surface area contributed by atoms with E-state index in [2.05, 4.69) is 46.5 Å². The molecular formula is C38H41FN8O3S. The zero-order valence-corrected chi connectivity index (χ0v) is 30.0. The highest BCUT2D eigenvalue weighted by atomic mass is 32.2. The molecule has 0 saturated heterocycles. The lowest BCUT2D eigenvalue weighted by Crippen LogP contribution is -2.29. The number of phenols is 1. The molecule has 51 heavy (non-hydrogen) atoms. The summed E-state index contributed by atoms with van der Waals surface area (Å²) in [4.78, 5) is 17.3. The van der Waals surface area contributed by atoms with E-state index in [1.54, 1.807) is 9.08 Å². The van der Waals surface area contributed by atoms with Crippen molar-refractivity contribution in [2.75, 3.05) is 32.6 Å². The molecule has 0 spiro atoms. The van der Waals surface area contributed by atoms with E-state index < -0.39 is 5.82 Å². The third-order valence-corrected chi connectivity index (χ3v) is 9.71. The van der Waals surface area contributed by atoms with Gasteiger partial charge in [-0.05, 0) is 74.6 Å². The van der Waals surface area contributed by atoms with Crippen molar-refractivity contribution in [2.24, 2.45) is 0 Å². The van der Waals surface area contributed by atoms with E-state index in [4.69, 9.17) is 9.84 Å². The van der Waals surface area contributed by atoms with Crippen molar-refractivity contribution in [3.63, 3.8) is 0 Å². The van der Waals surface area contributed by atoms with Crippen LogP contribution in [0.25, 0.3) is 22.7 Å². The fraction of sp³-hybridized carbons (Fsp3) is 0.263. The van der Waals surface area contributed by atoms with Gasteiger partial charge in [0.05, 0.1) is 16.9 Å². The summed E-state index contributed by atoms with van der Waals surface area (Å²) in [6.07, 6.45) is 2.71. The molecule has 13 heteroatoms. The number of aromatic nitrogens is 5. The summed E-state index contributed by atoms with van der Waals surface area (Å²) >= 11 is 1.50. The Hall–Kier alpha value is -5.40. The normalized spacial score (nSPS) is 11.7. The van der Waals surface area contributed by atoms with Gasteiger partial charge in [0.2, 0.25) is 0 Å². The van der Waals surface area contributed by atoms with E-state index in [9.17, 15) is 14.3 Å². The number of nitrogens with zero attached hydrogens (tertiary/aromatic N) is 6. The number of amides is 2. The summed E-state index contributed by atoms with van der Waals surface area (Å²) in [5.74, 6) is 1.01. The summed E-state index contributed by atoms with van der Waals surface area (Å²) in [6.45, 7) is 7.98. The Balaban J connectivity index is 1.19. The fourth-order valence-electron chi connectivity index (χ4n) is 5.25. The third kappa shape index (κ3) is 8.33. The maximum absolute atomic E-state index is 14.0. The lowest BCUT2D eigenvalue weighted by molar-refractivity contribution is 0.251. The molecule has 3 aromatic carbocycles. The zero-order chi connectivity index (χ0) is 36.1. The Morgan fingerprint density at radius 2 is 1.84 bits per heavy atom. The van der Waals surface area contributed by atoms with Gasteiger partial charge in [0.25, 0.3) is 0 Å². The number of halogens is 1. The molecule has 0 saturated carbocycles. The summed E-state index contributed by atoms with van der Waals surface area (Å²) in [5, 5.41) is 29.7. The van der Waals surface area contributed by atoms with E-state index in [1.165, 1.54) is 30.0 Å². The standard InChI is InChI=1S/C38H41FN8O3S/c1-6-38(2,3)33-22-35(47(44-33)27-11-9-12-28(21-27)50-19-18-45(4)5)41-37(49)40-23-25-10-7-8-13-32(25)51-29-15-17-34-42-43-36(46(34)24-29)30-20-26(39)14-16-31(30)48/h7-17,20-22,24,48H,6,18-19,23H2,1-5H3,(H2,40,41,49). The number of benzene rings is 3. The van der Waals surface area contributed by atoms with Crippen LogP contribution in [0.4, 0.5) is 15.0 Å². The number of fused-ring (bicyclic) bond motifs is 1. The predicted octanol–water partition coefficient (Wildman–Crippen LogP) is 7.53. The van der Waals surface area contributed by atoms with Crippen molar-refractivity contribution in [3.05, 3.63) is 108 Å². The van der Waals surface area contributed by atoms with Crippen molar-refractivity contribution >= 4 is 29.3 Å². The van der Waals surface area contributed by atoms with E-state index >= 15 is 0 Å². The van der Waals surface area contributed by atoms with Crippen LogP contribution in [0.5, 0.6) is 11.5 Å². The Morgan fingerprint density at radius 3 is 2.65 bits per heavy atom. The molecular weight excluding hydrogens is 668 g/mol. The summed E-state index contributed by atoms with van der Waals surface area (Å²) in [6, 6.07) is 24.5. The van der Waals surface area contributed by atoms with Crippen molar-refractivity contribution in [2.45, 2.75) is 48.9 Å². The van der Waals surface area contributed by atoms with Gasteiger partial charge in [-0.2, -0.15) is 5.10 Å². The summed E-state index contributed by atoms with van der Waals surface area (Å²) in [5.41, 5.74) is 3.14.